The van der Waals surface area contributed by atoms with Gasteiger partial charge in [0.15, 0.2) is 0 Å². The predicted molar refractivity (Wildman–Crippen MR) is 108 cm³/mol. The van der Waals surface area contributed by atoms with Gasteiger partial charge in [-0.05, 0) is 49.6 Å². The van der Waals surface area contributed by atoms with Gasteiger partial charge in [0.25, 0.3) is 5.91 Å². The molecule has 1 fully saturated rings. The largest absolute Gasteiger partial charge is 0.349 e. The number of benzene rings is 1. The summed E-state index contributed by atoms with van der Waals surface area (Å²) in [7, 11) is 0. The van der Waals surface area contributed by atoms with E-state index in [0.717, 1.165) is 43.9 Å². The van der Waals surface area contributed by atoms with Crippen molar-refractivity contribution in [1.29, 1.82) is 0 Å². The molecule has 144 valence electrons. The van der Waals surface area contributed by atoms with E-state index in [9.17, 15) is 4.79 Å². The first-order valence-electron chi connectivity index (χ1n) is 9.73. The summed E-state index contributed by atoms with van der Waals surface area (Å²) in [4.78, 5) is 19.3. The predicted octanol–water partition coefficient (Wildman–Crippen LogP) is 2.97. The van der Waals surface area contributed by atoms with Gasteiger partial charge in [0, 0.05) is 38.1 Å². The van der Waals surface area contributed by atoms with Crippen LogP contribution in [0.5, 0.6) is 0 Å². The van der Waals surface area contributed by atoms with Gasteiger partial charge in [-0.2, -0.15) is 5.10 Å². The number of nitrogens with one attached hydrogen (secondary N) is 1. The third-order valence-corrected chi connectivity index (χ3v) is 5.33. The molecule has 1 aromatic carbocycles. The van der Waals surface area contributed by atoms with Crippen molar-refractivity contribution in [2.45, 2.75) is 32.4 Å². The molecule has 1 saturated heterocycles. The van der Waals surface area contributed by atoms with Gasteiger partial charge in [-0.1, -0.05) is 18.2 Å². The Labute approximate surface area is 165 Å². The molecule has 0 saturated carbocycles. The number of aromatic nitrogens is 3. The minimum Gasteiger partial charge on any atom is -0.349 e. The maximum absolute atomic E-state index is 12.8. The highest BCUT2D eigenvalue weighted by Crippen LogP contribution is 2.17. The number of hydrogen-bond donors (Lipinski definition) is 1. The van der Waals surface area contributed by atoms with Gasteiger partial charge in [0.1, 0.15) is 0 Å². The molecule has 0 radical (unpaired) electrons. The maximum atomic E-state index is 12.8. The first-order chi connectivity index (χ1) is 13.7. The van der Waals surface area contributed by atoms with E-state index in [4.69, 9.17) is 0 Å². The van der Waals surface area contributed by atoms with Crippen LogP contribution >= 0.6 is 0 Å². The standard InChI is InChI=1S/C22H25N5O/c1-17-21(15-24-27(17)20-5-3-2-4-6-20)22(28)25-19-9-13-26(14-10-19)16-18-7-11-23-12-8-18/h2-8,11-12,15,19H,9-10,13-14,16H2,1H3,(H,25,28). The Morgan fingerprint density at radius 1 is 1.11 bits per heavy atom. The van der Waals surface area contributed by atoms with Crippen molar-refractivity contribution >= 4 is 5.91 Å². The molecular formula is C22H25N5O. The summed E-state index contributed by atoms with van der Waals surface area (Å²) < 4.78 is 1.81. The van der Waals surface area contributed by atoms with Crippen LogP contribution in [0.4, 0.5) is 0 Å². The Hall–Kier alpha value is -2.99. The average molecular weight is 375 g/mol. The highest BCUT2D eigenvalue weighted by molar-refractivity contribution is 5.95. The summed E-state index contributed by atoms with van der Waals surface area (Å²) in [6.07, 6.45) is 7.25. The topological polar surface area (TPSA) is 63.1 Å². The van der Waals surface area contributed by atoms with Crippen molar-refractivity contribution in [3.8, 4) is 5.69 Å². The fourth-order valence-electron chi connectivity index (χ4n) is 3.71. The third-order valence-electron chi connectivity index (χ3n) is 5.33. The van der Waals surface area contributed by atoms with E-state index < -0.39 is 0 Å². The van der Waals surface area contributed by atoms with E-state index in [1.54, 1.807) is 6.20 Å². The van der Waals surface area contributed by atoms with Gasteiger partial charge in [-0.3, -0.25) is 14.7 Å². The summed E-state index contributed by atoms with van der Waals surface area (Å²) in [5.74, 6) is -0.0349. The highest BCUT2D eigenvalue weighted by Gasteiger charge is 2.23. The fourth-order valence-corrected chi connectivity index (χ4v) is 3.71. The lowest BCUT2D eigenvalue weighted by molar-refractivity contribution is 0.0908. The summed E-state index contributed by atoms with van der Waals surface area (Å²) >= 11 is 0. The molecule has 4 rings (SSSR count). The number of likely N-dealkylation sites (tertiary alicyclic amines) is 1. The number of para-hydroxylation sites is 1. The molecule has 3 aromatic rings. The molecule has 0 atom stereocenters. The summed E-state index contributed by atoms with van der Waals surface area (Å²) in [6, 6.07) is 14.2. The van der Waals surface area contributed by atoms with Crippen LogP contribution in [-0.4, -0.2) is 44.7 Å². The Bertz CT molecular complexity index is 915. The van der Waals surface area contributed by atoms with Crippen molar-refractivity contribution in [3.63, 3.8) is 0 Å². The lowest BCUT2D eigenvalue weighted by Crippen LogP contribution is -2.44. The van der Waals surface area contributed by atoms with Crippen LogP contribution in [0, 0.1) is 6.92 Å². The zero-order chi connectivity index (χ0) is 19.3. The fraction of sp³-hybridized carbons (Fsp3) is 0.318. The van der Waals surface area contributed by atoms with Gasteiger partial charge in [0.2, 0.25) is 0 Å². The molecule has 0 unspecified atom stereocenters. The van der Waals surface area contributed by atoms with Crippen molar-refractivity contribution in [1.82, 2.24) is 25.0 Å². The zero-order valence-electron chi connectivity index (χ0n) is 16.1. The first kappa shape index (κ1) is 18.4. The van der Waals surface area contributed by atoms with Gasteiger partial charge in [-0.25, -0.2) is 4.68 Å². The lowest BCUT2D eigenvalue weighted by atomic mass is 10.0. The SMILES string of the molecule is Cc1c(C(=O)NC2CCN(Cc3ccncc3)CC2)cnn1-c1ccccc1. The molecule has 6 heteroatoms. The van der Waals surface area contributed by atoms with Crippen LogP contribution < -0.4 is 5.32 Å². The number of hydrogen-bond acceptors (Lipinski definition) is 4. The Kier molecular flexibility index (Phi) is 5.48. The molecule has 0 spiro atoms. The second kappa shape index (κ2) is 8.35. The van der Waals surface area contributed by atoms with Gasteiger partial charge in [-0.15, -0.1) is 0 Å². The van der Waals surface area contributed by atoms with Crippen molar-refractivity contribution < 1.29 is 4.79 Å². The average Bonchev–Trinajstić information content (AvgIpc) is 3.12. The summed E-state index contributed by atoms with van der Waals surface area (Å²) in [5, 5.41) is 7.60. The van der Waals surface area contributed by atoms with Crippen LogP contribution in [0.3, 0.4) is 0 Å². The minimum atomic E-state index is -0.0349. The number of rotatable bonds is 5. The second-order valence-electron chi connectivity index (χ2n) is 7.27. The molecule has 2 aromatic heterocycles. The van der Waals surface area contributed by atoms with Crippen LogP contribution in [0.1, 0.15) is 34.5 Å². The maximum Gasteiger partial charge on any atom is 0.254 e. The zero-order valence-corrected chi connectivity index (χ0v) is 16.1. The molecule has 1 aliphatic heterocycles. The van der Waals surface area contributed by atoms with E-state index in [1.165, 1.54) is 5.56 Å². The highest BCUT2D eigenvalue weighted by atomic mass is 16.1. The quantitative estimate of drug-likeness (QED) is 0.745. The molecule has 1 amide bonds. The number of pyridine rings is 1. The van der Waals surface area contributed by atoms with Crippen LogP contribution in [0.15, 0.2) is 61.1 Å². The number of carbonyl (C=O) groups excluding carboxylic acids is 1. The smallest absolute Gasteiger partial charge is 0.254 e. The molecule has 1 N–H and O–H groups in total. The molecule has 0 aliphatic carbocycles. The minimum absolute atomic E-state index is 0.0349. The monoisotopic (exact) mass is 375 g/mol. The molecule has 6 nitrogen and oxygen atoms in total. The molecule has 3 heterocycles. The summed E-state index contributed by atoms with van der Waals surface area (Å²) in [5.41, 5.74) is 3.74. The van der Waals surface area contributed by atoms with Crippen molar-refractivity contribution in [2.24, 2.45) is 0 Å². The first-order valence-corrected chi connectivity index (χ1v) is 9.73. The molecule has 0 bridgehead atoms. The van der Waals surface area contributed by atoms with E-state index >= 15 is 0 Å². The van der Waals surface area contributed by atoms with Crippen LogP contribution in [0.25, 0.3) is 5.69 Å². The number of nitrogens with zero attached hydrogens (tertiary/aromatic N) is 4. The third kappa shape index (κ3) is 4.12. The van der Waals surface area contributed by atoms with Gasteiger partial charge in [0.05, 0.1) is 23.1 Å². The Morgan fingerprint density at radius 2 is 1.82 bits per heavy atom. The van der Waals surface area contributed by atoms with E-state index in [0.29, 0.717) is 5.56 Å². The van der Waals surface area contributed by atoms with E-state index in [-0.39, 0.29) is 11.9 Å². The van der Waals surface area contributed by atoms with E-state index in [1.807, 2.05) is 54.3 Å². The Morgan fingerprint density at radius 3 is 2.54 bits per heavy atom. The Balaban J connectivity index is 1.33. The van der Waals surface area contributed by atoms with Crippen molar-refractivity contribution in [3.05, 3.63) is 77.9 Å². The number of amides is 1. The summed E-state index contributed by atoms with van der Waals surface area (Å²) in [6.45, 7) is 4.84. The molecule has 1 aliphatic rings. The number of piperidine rings is 1. The van der Waals surface area contributed by atoms with Crippen LogP contribution in [-0.2, 0) is 6.54 Å². The number of carbonyl (C=O) groups is 1. The van der Waals surface area contributed by atoms with Gasteiger partial charge < -0.3 is 5.32 Å². The second-order valence-corrected chi connectivity index (χ2v) is 7.27. The van der Waals surface area contributed by atoms with Crippen LogP contribution in [0.2, 0.25) is 0 Å². The lowest BCUT2D eigenvalue weighted by Gasteiger charge is -2.32. The van der Waals surface area contributed by atoms with E-state index in [2.05, 4.69) is 32.4 Å². The normalized spacial score (nSPS) is 15.5. The molecular weight excluding hydrogens is 350 g/mol. The van der Waals surface area contributed by atoms with Gasteiger partial charge >= 0.3 is 0 Å². The van der Waals surface area contributed by atoms with Crippen molar-refractivity contribution in [2.75, 3.05) is 13.1 Å². The molecule has 28 heavy (non-hydrogen) atoms.